The molecule has 2 aliphatic heterocycles. The number of pyridine rings is 2. The van der Waals surface area contributed by atoms with E-state index in [0.717, 1.165) is 16.5 Å². The molecule has 1 fully saturated rings. The molecular formula is C27H24FN7O3. The van der Waals surface area contributed by atoms with Crippen LogP contribution in [0.4, 0.5) is 21.7 Å². The summed E-state index contributed by atoms with van der Waals surface area (Å²) in [7, 11) is 0. The Bertz CT molecular complexity index is 1470. The Morgan fingerprint density at radius 2 is 1.84 bits per heavy atom. The Balaban J connectivity index is 1.48. The lowest BCUT2D eigenvalue weighted by atomic mass is 9.97. The van der Waals surface area contributed by atoms with Crippen molar-refractivity contribution in [2.45, 2.75) is 32.4 Å². The highest BCUT2D eigenvalue weighted by molar-refractivity contribution is 6.21. The molecule has 0 bridgehead atoms. The molecule has 0 radical (unpaired) electrons. The van der Waals surface area contributed by atoms with Crippen LogP contribution in [-0.2, 0) is 4.79 Å². The van der Waals surface area contributed by atoms with Gasteiger partial charge in [-0.15, -0.1) is 0 Å². The van der Waals surface area contributed by atoms with Crippen molar-refractivity contribution in [1.82, 2.24) is 19.8 Å². The molecule has 1 aromatic carbocycles. The van der Waals surface area contributed by atoms with Gasteiger partial charge >= 0.3 is 0 Å². The molecule has 0 saturated carbocycles. The van der Waals surface area contributed by atoms with E-state index < -0.39 is 29.7 Å². The molecule has 0 aliphatic carbocycles. The maximum atomic E-state index is 15.1. The van der Waals surface area contributed by atoms with E-state index in [1.165, 1.54) is 6.92 Å². The lowest BCUT2D eigenvalue weighted by Gasteiger charge is -2.42. The van der Waals surface area contributed by atoms with Gasteiger partial charge in [-0.1, -0.05) is 12.1 Å². The lowest BCUT2D eigenvalue weighted by molar-refractivity contribution is -0.130. The molecule has 2 atom stereocenters. The zero-order valence-electron chi connectivity index (χ0n) is 20.7. The maximum absolute atomic E-state index is 15.1. The number of nitrogens with zero attached hydrogens (tertiary/aromatic N) is 5. The van der Waals surface area contributed by atoms with Crippen molar-refractivity contribution < 1.29 is 18.8 Å². The molecule has 2 aromatic heterocycles. The van der Waals surface area contributed by atoms with Gasteiger partial charge in [-0.2, -0.15) is 5.26 Å². The van der Waals surface area contributed by atoms with Crippen molar-refractivity contribution in [1.29, 1.82) is 5.26 Å². The van der Waals surface area contributed by atoms with Crippen molar-refractivity contribution in [2.75, 3.05) is 23.7 Å². The highest BCUT2D eigenvalue weighted by Gasteiger charge is 2.45. The minimum Gasteiger partial charge on any atom is -0.363 e. The molecule has 1 unspecified atom stereocenters. The molecule has 2 aliphatic rings. The predicted molar refractivity (Wildman–Crippen MR) is 136 cm³/mol. The van der Waals surface area contributed by atoms with E-state index in [-0.39, 0.29) is 40.8 Å². The number of imide groups is 1. The van der Waals surface area contributed by atoms with E-state index in [0.29, 0.717) is 18.7 Å². The van der Waals surface area contributed by atoms with Gasteiger partial charge in [0.1, 0.15) is 6.07 Å². The summed E-state index contributed by atoms with van der Waals surface area (Å²) in [6.45, 7) is 3.73. The molecule has 192 valence electrons. The Hall–Kier alpha value is -4.85. The number of carbonyl (C=O) groups excluding carboxylic acids is 3. The molecular weight excluding hydrogens is 489 g/mol. The van der Waals surface area contributed by atoms with Crippen LogP contribution < -0.4 is 10.6 Å². The van der Waals surface area contributed by atoms with Crippen LogP contribution in [0.5, 0.6) is 0 Å². The Morgan fingerprint density at radius 1 is 1.13 bits per heavy atom. The zero-order chi connectivity index (χ0) is 27.0. The predicted octanol–water partition coefficient (Wildman–Crippen LogP) is 3.24. The number of hydrogen-bond donors (Lipinski definition) is 2. The van der Waals surface area contributed by atoms with Crippen molar-refractivity contribution >= 4 is 35.0 Å². The first-order valence-corrected chi connectivity index (χ1v) is 12.0. The summed E-state index contributed by atoms with van der Waals surface area (Å²) in [4.78, 5) is 49.8. The second kappa shape index (κ2) is 9.89. The van der Waals surface area contributed by atoms with Gasteiger partial charge in [0.2, 0.25) is 5.91 Å². The fraction of sp³-hybridized carbons (Fsp3) is 0.259. The summed E-state index contributed by atoms with van der Waals surface area (Å²) >= 11 is 0. The fourth-order valence-corrected chi connectivity index (χ4v) is 4.86. The average molecular weight is 514 g/mol. The number of anilines is 3. The quantitative estimate of drug-likeness (QED) is 0.497. The van der Waals surface area contributed by atoms with E-state index in [4.69, 9.17) is 0 Å². The number of benzene rings is 1. The third kappa shape index (κ3) is 4.52. The molecule has 3 amide bonds. The fourth-order valence-electron chi connectivity index (χ4n) is 4.86. The molecule has 38 heavy (non-hydrogen) atoms. The summed E-state index contributed by atoms with van der Waals surface area (Å²) in [6.07, 6.45) is 3.57. The third-order valence-corrected chi connectivity index (χ3v) is 6.74. The number of hydrogen-bond acceptors (Lipinski definition) is 8. The zero-order valence-corrected chi connectivity index (χ0v) is 20.7. The molecule has 4 heterocycles. The maximum Gasteiger partial charge on any atom is 0.261 e. The van der Waals surface area contributed by atoms with Gasteiger partial charge in [0.25, 0.3) is 11.8 Å². The third-order valence-electron chi connectivity index (χ3n) is 6.74. The Morgan fingerprint density at radius 3 is 2.47 bits per heavy atom. The standard InChI is InChI=1S/C27H24FN7O3/c1-15-9-18(13-30-12-15)31-24-17(11-29)10-21(28)25(33-24)32-22-7-8-34(16(2)36)14-23(22)35-26(37)19-5-3-4-6-20(19)27(35)38/h3-6,9-10,12-13,22-23H,7-8,14H2,1-2H3,(H2,31,32,33)/t22-,23?/m1/s1. The summed E-state index contributed by atoms with van der Waals surface area (Å²) < 4.78 is 15.1. The van der Waals surface area contributed by atoms with Gasteiger partial charge in [-0.25, -0.2) is 9.37 Å². The monoisotopic (exact) mass is 513 g/mol. The minimum atomic E-state index is -0.769. The molecule has 1 saturated heterocycles. The van der Waals surface area contributed by atoms with Gasteiger partial charge in [-0.05, 0) is 43.2 Å². The second-order valence-corrected chi connectivity index (χ2v) is 9.30. The molecule has 11 heteroatoms. The smallest absolute Gasteiger partial charge is 0.261 e. The number of nitrogens with one attached hydrogen (secondary N) is 2. The molecule has 0 spiro atoms. The summed E-state index contributed by atoms with van der Waals surface area (Å²) in [5.74, 6) is -1.89. The first kappa shape index (κ1) is 24.8. The SMILES string of the molecule is CC(=O)N1CC[C@@H](Nc2nc(Nc3cncc(C)c3)c(C#N)cc2F)C(N2C(=O)c3ccccc3C2=O)C1. The minimum absolute atomic E-state index is 0.00199. The summed E-state index contributed by atoms with van der Waals surface area (Å²) in [6, 6.07) is 9.99. The highest BCUT2D eigenvalue weighted by atomic mass is 19.1. The van der Waals surface area contributed by atoms with Gasteiger partial charge in [0.05, 0.1) is 40.7 Å². The Labute approximate surface area is 218 Å². The van der Waals surface area contributed by atoms with Crippen molar-refractivity contribution in [2.24, 2.45) is 0 Å². The van der Waals surface area contributed by atoms with Gasteiger partial charge < -0.3 is 15.5 Å². The first-order chi connectivity index (χ1) is 18.3. The van der Waals surface area contributed by atoms with Crippen LogP contribution >= 0.6 is 0 Å². The van der Waals surface area contributed by atoms with Crippen LogP contribution in [0.15, 0.2) is 48.8 Å². The van der Waals surface area contributed by atoms with Gasteiger partial charge in [0, 0.05) is 26.2 Å². The van der Waals surface area contributed by atoms with Crippen LogP contribution in [0.3, 0.4) is 0 Å². The van der Waals surface area contributed by atoms with Crippen molar-refractivity contribution in [3.8, 4) is 6.07 Å². The molecule has 10 nitrogen and oxygen atoms in total. The normalized spacial score (nSPS) is 18.7. The number of amides is 3. The number of halogens is 1. The number of carbonyl (C=O) groups is 3. The number of nitriles is 1. The Kier molecular flexibility index (Phi) is 6.46. The van der Waals surface area contributed by atoms with E-state index in [9.17, 15) is 19.6 Å². The van der Waals surface area contributed by atoms with E-state index in [2.05, 4.69) is 20.6 Å². The number of rotatable bonds is 5. The van der Waals surface area contributed by atoms with E-state index >= 15 is 4.39 Å². The van der Waals surface area contributed by atoms with Crippen LogP contribution in [0.2, 0.25) is 0 Å². The molecule has 2 N–H and O–H groups in total. The highest BCUT2D eigenvalue weighted by Crippen LogP contribution is 2.31. The number of piperidine rings is 1. The number of aromatic nitrogens is 2. The molecule has 3 aromatic rings. The lowest BCUT2D eigenvalue weighted by Crippen LogP contribution is -2.60. The van der Waals surface area contributed by atoms with Gasteiger partial charge in [-0.3, -0.25) is 24.3 Å². The second-order valence-electron chi connectivity index (χ2n) is 9.30. The molecule has 5 rings (SSSR count). The van der Waals surface area contributed by atoms with Crippen molar-refractivity contribution in [3.05, 3.63) is 76.9 Å². The van der Waals surface area contributed by atoms with Crippen LogP contribution in [0.25, 0.3) is 0 Å². The van der Waals surface area contributed by atoms with E-state index in [1.807, 2.05) is 19.1 Å². The van der Waals surface area contributed by atoms with Crippen LogP contribution in [-0.4, -0.2) is 62.7 Å². The number of fused-ring (bicyclic) bond motifs is 1. The van der Waals surface area contributed by atoms with Crippen LogP contribution in [0.1, 0.15) is 45.2 Å². The van der Waals surface area contributed by atoms with Gasteiger partial charge in [0.15, 0.2) is 17.5 Å². The largest absolute Gasteiger partial charge is 0.363 e. The summed E-state index contributed by atoms with van der Waals surface area (Å²) in [5, 5.41) is 15.6. The van der Waals surface area contributed by atoms with E-state index in [1.54, 1.807) is 41.6 Å². The topological polar surface area (TPSA) is 131 Å². The average Bonchev–Trinajstić information content (AvgIpc) is 3.15. The number of likely N-dealkylation sites (tertiary alicyclic amines) is 1. The van der Waals surface area contributed by atoms with Crippen molar-refractivity contribution in [3.63, 3.8) is 0 Å². The number of aryl methyl sites for hydroxylation is 1. The first-order valence-electron chi connectivity index (χ1n) is 12.0. The van der Waals surface area contributed by atoms with Crippen LogP contribution in [0, 0.1) is 24.1 Å². The summed E-state index contributed by atoms with van der Waals surface area (Å²) in [5.41, 5.74) is 2.03.